The molecule has 0 bridgehead atoms. The summed E-state index contributed by atoms with van der Waals surface area (Å²) < 4.78 is 11.1. The normalized spacial score (nSPS) is 21.5. The second-order valence-corrected chi connectivity index (χ2v) is 17.0. The number of rotatable bonds is 40. The summed E-state index contributed by atoms with van der Waals surface area (Å²) in [6, 6.07) is -0.997. The molecule has 1 amide bonds. The SMILES string of the molecule is CC/C=C\C/C=C\CCCCCCCCCCCCCCCC(O)C(=O)NC(COC1OC(CO)C(O)C(O)C1O)C(O)/C=C/CC/C=C/CCCCCCCCCCC. The highest BCUT2D eigenvalue weighted by atomic mass is 16.7. The fraction of sp³-hybridized carbons (Fsp3) is 0.820. The summed E-state index contributed by atoms with van der Waals surface area (Å²) in [4.78, 5) is 13.1. The number of aliphatic hydroxyl groups excluding tert-OH is 6. The number of aliphatic hydroxyl groups is 6. The Morgan fingerprint density at radius 2 is 1.08 bits per heavy atom. The Labute approximate surface area is 366 Å². The van der Waals surface area contributed by atoms with E-state index in [1.54, 1.807) is 6.08 Å². The maximum atomic E-state index is 13.1. The van der Waals surface area contributed by atoms with Crippen molar-refractivity contribution < 1.29 is 44.9 Å². The van der Waals surface area contributed by atoms with Gasteiger partial charge in [0.15, 0.2) is 6.29 Å². The zero-order chi connectivity index (χ0) is 43.9. The summed E-state index contributed by atoms with van der Waals surface area (Å²) in [6.45, 7) is 3.49. The molecular weight excluding hydrogens is 759 g/mol. The van der Waals surface area contributed by atoms with E-state index in [-0.39, 0.29) is 6.61 Å². The molecule has 8 unspecified atom stereocenters. The lowest BCUT2D eigenvalue weighted by Gasteiger charge is -2.40. The van der Waals surface area contributed by atoms with Crippen molar-refractivity contribution in [2.75, 3.05) is 13.2 Å². The molecule has 1 saturated heterocycles. The quantitative estimate of drug-likeness (QED) is 0.0235. The predicted octanol–water partition coefficient (Wildman–Crippen LogP) is 9.59. The molecule has 1 rings (SSSR count). The van der Waals surface area contributed by atoms with Gasteiger partial charge in [-0.2, -0.15) is 0 Å². The first-order valence-electron chi connectivity index (χ1n) is 24.5. The number of carbonyl (C=O) groups excluding carboxylic acids is 1. The van der Waals surface area contributed by atoms with Crippen molar-refractivity contribution in [3.8, 4) is 0 Å². The van der Waals surface area contributed by atoms with Gasteiger partial charge in [-0.1, -0.05) is 191 Å². The first kappa shape index (κ1) is 56.1. The molecule has 10 heteroatoms. The summed E-state index contributed by atoms with van der Waals surface area (Å²) in [6.07, 6.45) is 40.6. The van der Waals surface area contributed by atoms with Crippen LogP contribution in [0.3, 0.4) is 0 Å². The molecule has 0 aliphatic carbocycles. The van der Waals surface area contributed by atoms with E-state index in [4.69, 9.17) is 9.47 Å². The highest BCUT2D eigenvalue weighted by molar-refractivity contribution is 5.80. The predicted molar refractivity (Wildman–Crippen MR) is 245 cm³/mol. The third-order valence-electron chi connectivity index (χ3n) is 11.5. The van der Waals surface area contributed by atoms with Crippen LogP contribution in [-0.2, 0) is 14.3 Å². The zero-order valence-electron chi connectivity index (χ0n) is 38.1. The topological polar surface area (TPSA) is 169 Å². The van der Waals surface area contributed by atoms with Crippen LogP contribution in [0.2, 0.25) is 0 Å². The van der Waals surface area contributed by atoms with Gasteiger partial charge in [0, 0.05) is 0 Å². The molecule has 0 aromatic heterocycles. The van der Waals surface area contributed by atoms with Crippen molar-refractivity contribution in [1.29, 1.82) is 0 Å². The number of unbranched alkanes of at least 4 members (excludes halogenated alkanes) is 23. The third-order valence-corrected chi connectivity index (χ3v) is 11.5. The first-order chi connectivity index (χ1) is 29.3. The average molecular weight is 850 g/mol. The Morgan fingerprint density at radius 3 is 1.63 bits per heavy atom. The smallest absolute Gasteiger partial charge is 0.249 e. The lowest BCUT2D eigenvalue weighted by Crippen LogP contribution is -2.60. The maximum absolute atomic E-state index is 13.1. The third kappa shape index (κ3) is 29.4. The van der Waals surface area contributed by atoms with E-state index < -0.39 is 61.5 Å². The molecule has 1 heterocycles. The monoisotopic (exact) mass is 850 g/mol. The van der Waals surface area contributed by atoms with Gasteiger partial charge in [0.25, 0.3) is 0 Å². The van der Waals surface area contributed by atoms with E-state index in [2.05, 4.69) is 55.6 Å². The van der Waals surface area contributed by atoms with Crippen LogP contribution < -0.4 is 5.32 Å². The van der Waals surface area contributed by atoms with Crippen molar-refractivity contribution >= 4 is 5.91 Å². The molecule has 1 fully saturated rings. The van der Waals surface area contributed by atoms with Crippen LogP contribution in [0.5, 0.6) is 0 Å². The van der Waals surface area contributed by atoms with E-state index >= 15 is 0 Å². The second-order valence-electron chi connectivity index (χ2n) is 17.0. The minimum Gasteiger partial charge on any atom is -0.394 e. The van der Waals surface area contributed by atoms with E-state index in [1.807, 2.05) is 6.08 Å². The van der Waals surface area contributed by atoms with Crippen molar-refractivity contribution in [1.82, 2.24) is 5.32 Å². The maximum Gasteiger partial charge on any atom is 0.249 e. The molecule has 0 aromatic carbocycles. The van der Waals surface area contributed by atoms with Crippen molar-refractivity contribution in [3.05, 3.63) is 48.6 Å². The van der Waals surface area contributed by atoms with Crippen LogP contribution in [-0.4, -0.2) is 98.7 Å². The van der Waals surface area contributed by atoms with E-state index in [1.165, 1.54) is 122 Å². The van der Waals surface area contributed by atoms with E-state index in [0.29, 0.717) is 19.3 Å². The number of nitrogens with one attached hydrogen (secondary N) is 1. The first-order valence-corrected chi connectivity index (χ1v) is 24.5. The number of hydrogen-bond donors (Lipinski definition) is 7. The highest BCUT2D eigenvalue weighted by Gasteiger charge is 2.44. The van der Waals surface area contributed by atoms with Crippen LogP contribution in [0.15, 0.2) is 48.6 Å². The van der Waals surface area contributed by atoms with Gasteiger partial charge in [0.2, 0.25) is 5.91 Å². The Kier molecular flexibility index (Phi) is 37.3. The summed E-state index contributed by atoms with van der Waals surface area (Å²) >= 11 is 0. The van der Waals surface area contributed by atoms with Gasteiger partial charge >= 0.3 is 0 Å². The number of allylic oxidation sites excluding steroid dienone is 7. The summed E-state index contributed by atoms with van der Waals surface area (Å²) in [5, 5.41) is 64.7. The van der Waals surface area contributed by atoms with Gasteiger partial charge in [0.1, 0.15) is 30.5 Å². The van der Waals surface area contributed by atoms with Crippen LogP contribution in [0.4, 0.5) is 0 Å². The molecule has 0 aromatic rings. The summed E-state index contributed by atoms with van der Waals surface area (Å²) in [5.41, 5.74) is 0. The fourth-order valence-corrected chi connectivity index (χ4v) is 7.51. The molecule has 10 nitrogen and oxygen atoms in total. The second kappa shape index (κ2) is 39.9. The average Bonchev–Trinajstić information content (AvgIpc) is 3.25. The molecule has 1 aliphatic heterocycles. The van der Waals surface area contributed by atoms with Gasteiger partial charge in [-0.25, -0.2) is 0 Å². The van der Waals surface area contributed by atoms with Gasteiger partial charge in [-0.3, -0.25) is 4.79 Å². The molecular formula is C50H91NO9. The fourth-order valence-electron chi connectivity index (χ4n) is 7.51. The molecule has 8 atom stereocenters. The van der Waals surface area contributed by atoms with Crippen LogP contribution in [0, 0.1) is 0 Å². The summed E-state index contributed by atoms with van der Waals surface area (Å²) in [7, 11) is 0. The Hall–Kier alpha value is -1.89. The van der Waals surface area contributed by atoms with Gasteiger partial charge < -0.3 is 45.4 Å². The Bertz CT molecular complexity index is 1100. The molecule has 0 spiro atoms. The lowest BCUT2D eigenvalue weighted by atomic mass is 9.99. The van der Waals surface area contributed by atoms with Crippen LogP contribution in [0.25, 0.3) is 0 Å². The number of ether oxygens (including phenoxy) is 2. The summed E-state index contributed by atoms with van der Waals surface area (Å²) in [5.74, 6) is -0.628. The Morgan fingerprint density at radius 1 is 0.600 bits per heavy atom. The molecule has 350 valence electrons. The van der Waals surface area contributed by atoms with Gasteiger partial charge in [-0.05, 0) is 57.8 Å². The van der Waals surface area contributed by atoms with Crippen molar-refractivity contribution in [2.45, 2.75) is 249 Å². The zero-order valence-corrected chi connectivity index (χ0v) is 38.1. The Balaban J connectivity index is 2.38. The van der Waals surface area contributed by atoms with Crippen molar-refractivity contribution in [3.63, 3.8) is 0 Å². The minimum absolute atomic E-state index is 0.302. The molecule has 60 heavy (non-hydrogen) atoms. The number of hydrogen-bond acceptors (Lipinski definition) is 9. The largest absolute Gasteiger partial charge is 0.394 e. The number of carbonyl (C=O) groups is 1. The van der Waals surface area contributed by atoms with E-state index in [9.17, 15) is 35.4 Å². The van der Waals surface area contributed by atoms with Gasteiger partial charge in [-0.15, -0.1) is 0 Å². The van der Waals surface area contributed by atoms with Crippen molar-refractivity contribution in [2.24, 2.45) is 0 Å². The van der Waals surface area contributed by atoms with Crippen LogP contribution in [0.1, 0.15) is 200 Å². The molecule has 1 aliphatic rings. The van der Waals surface area contributed by atoms with Gasteiger partial charge in [0.05, 0.1) is 25.4 Å². The molecule has 7 N–H and O–H groups in total. The molecule has 0 radical (unpaired) electrons. The lowest BCUT2D eigenvalue weighted by molar-refractivity contribution is -0.302. The standard InChI is InChI=1S/C50H91NO9/c1-3-5-7-9-11-13-15-17-19-20-21-22-23-25-27-29-31-33-35-37-39-44(54)49(58)51-42(41-59-50-48(57)47(56)46(55)45(40-52)60-50)43(53)38-36-34-32-30-28-26-24-18-16-14-12-10-8-6-4-2/h5,7,11,13,28,30,36,38,42-48,50,52-57H,3-4,6,8-10,12,14-27,29,31-35,37,39-41H2,1-2H3,(H,51,58)/b7-5-,13-11-,30-28+,38-36+. The van der Waals surface area contributed by atoms with E-state index in [0.717, 1.165) is 44.9 Å². The van der Waals surface area contributed by atoms with Crippen LogP contribution >= 0.6 is 0 Å². The minimum atomic E-state index is -1.62. The number of amides is 1. The molecule has 0 saturated carbocycles. The highest BCUT2D eigenvalue weighted by Crippen LogP contribution is 2.23.